The highest BCUT2D eigenvalue weighted by Gasteiger charge is 2.22. The molecule has 0 fully saturated rings. The van der Waals surface area contributed by atoms with E-state index in [1.165, 1.54) is 11.3 Å². The molecule has 0 unspecified atom stereocenters. The Hall–Kier alpha value is -1.62. The highest BCUT2D eigenvalue weighted by molar-refractivity contribution is 7.12. The van der Waals surface area contributed by atoms with Crippen LogP contribution in [0.1, 0.15) is 35.3 Å². The average molecular weight is 250 g/mol. The molecule has 17 heavy (non-hydrogen) atoms. The zero-order chi connectivity index (χ0) is 12.4. The summed E-state index contributed by atoms with van der Waals surface area (Å²) >= 11 is 1.42. The molecular weight excluding hydrogens is 236 g/mol. The topological polar surface area (TPSA) is 44.1 Å². The van der Waals surface area contributed by atoms with Crippen LogP contribution in [0.15, 0.2) is 23.7 Å². The third kappa shape index (κ3) is 2.10. The van der Waals surface area contributed by atoms with E-state index >= 15 is 0 Å². The summed E-state index contributed by atoms with van der Waals surface area (Å²) in [5, 5.41) is 6.08. The summed E-state index contributed by atoms with van der Waals surface area (Å²) in [5.41, 5.74) is 0.518. The lowest BCUT2D eigenvalue weighted by Gasteiger charge is -2.10. The number of rotatable bonds is 4. The zero-order valence-electron chi connectivity index (χ0n) is 10.0. The van der Waals surface area contributed by atoms with E-state index in [0.29, 0.717) is 16.3 Å². The SMILES string of the molecule is COc1cnn(C(C)C)c1C(=O)c1cccs1. The number of carbonyl (C=O) groups is 1. The molecule has 0 atom stereocenters. The van der Waals surface area contributed by atoms with Crippen molar-refractivity contribution in [1.29, 1.82) is 0 Å². The first-order valence-electron chi connectivity index (χ1n) is 5.35. The lowest BCUT2D eigenvalue weighted by atomic mass is 10.2. The lowest BCUT2D eigenvalue weighted by Crippen LogP contribution is -2.13. The van der Waals surface area contributed by atoms with Crippen LogP contribution < -0.4 is 4.74 Å². The Morgan fingerprint density at radius 2 is 2.29 bits per heavy atom. The van der Waals surface area contributed by atoms with Gasteiger partial charge in [-0.1, -0.05) is 6.07 Å². The fourth-order valence-electron chi connectivity index (χ4n) is 1.63. The molecule has 2 aromatic heterocycles. The molecule has 0 aromatic carbocycles. The molecule has 0 radical (unpaired) electrons. The van der Waals surface area contributed by atoms with Crippen LogP contribution >= 0.6 is 11.3 Å². The van der Waals surface area contributed by atoms with Crippen LogP contribution in [0.2, 0.25) is 0 Å². The van der Waals surface area contributed by atoms with E-state index in [1.54, 1.807) is 18.0 Å². The summed E-state index contributed by atoms with van der Waals surface area (Å²) in [6, 6.07) is 3.79. The van der Waals surface area contributed by atoms with Gasteiger partial charge in [-0.25, -0.2) is 0 Å². The number of thiophene rings is 1. The van der Waals surface area contributed by atoms with Crippen molar-refractivity contribution in [2.75, 3.05) is 7.11 Å². The van der Waals surface area contributed by atoms with Crippen molar-refractivity contribution >= 4 is 17.1 Å². The van der Waals surface area contributed by atoms with E-state index in [4.69, 9.17) is 4.74 Å². The van der Waals surface area contributed by atoms with Gasteiger partial charge in [0.05, 0.1) is 18.2 Å². The van der Waals surface area contributed by atoms with E-state index in [9.17, 15) is 4.79 Å². The van der Waals surface area contributed by atoms with Gasteiger partial charge < -0.3 is 4.74 Å². The van der Waals surface area contributed by atoms with Crippen molar-refractivity contribution in [2.24, 2.45) is 0 Å². The lowest BCUT2D eigenvalue weighted by molar-refractivity contribution is 0.102. The van der Waals surface area contributed by atoms with E-state index in [2.05, 4.69) is 5.10 Å². The van der Waals surface area contributed by atoms with Crippen molar-refractivity contribution < 1.29 is 9.53 Å². The number of methoxy groups -OCH3 is 1. The molecular formula is C12H14N2O2S. The van der Waals surface area contributed by atoms with Gasteiger partial charge in [-0.2, -0.15) is 5.10 Å². The summed E-state index contributed by atoms with van der Waals surface area (Å²) < 4.78 is 6.89. The smallest absolute Gasteiger partial charge is 0.224 e. The highest BCUT2D eigenvalue weighted by Crippen LogP contribution is 2.25. The van der Waals surface area contributed by atoms with Crippen LogP contribution in [0.25, 0.3) is 0 Å². The molecule has 0 bridgehead atoms. The monoisotopic (exact) mass is 250 g/mol. The Labute approximate surface area is 104 Å². The van der Waals surface area contributed by atoms with Crippen molar-refractivity contribution in [1.82, 2.24) is 9.78 Å². The Bertz CT molecular complexity index is 515. The Kier molecular flexibility index (Phi) is 3.28. The van der Waals surface area contributed by atoms with Crippen LogP contribution in [0.5, 0.6) is 5.75 Å². The number of ether oxygens (including phenoxy) is 1. The Morgan fingerprint density at radius 3 is 2.82 bits per heavy atom. The molecule has 2 heterocycles. The van der Waals surface area contributed by atoms with Crippen LogP contribution in [0.3, 0.4) is 0 Å². The molecule has 0 aliphatic carbocycles. The number of hydrogen-bond donors (Lipinski definition) is 0. The Balaban J connectivity index is 2.49. The second-order valence-electron chi connectivity index (χ2n) is 3.91. The summed E-state index contributed by atoms with van der Waals surface area (Å²) in [4.78, 5) is 13.0. The Morgan fingerprint density at radius 1 is 1.53 bits per heavy atom. The maximum atomic E-state index is 12.3. The van der Waals surface area contributed by atoms with Crippen LogP contribution in [-0.4, -0.2) is 22.7 Å². The minimum atomic E-state index is -0.0388. The van der Waals surface area contributed by atoms with Crippen LogP contribution in [0.4, 0.5) is 0 Å². The van der Waals surface area contributed by atoms with Crippen molar-refractivity contribution in [3.05, 3.63) is 34.3 Å². The van der Waals surface area contributed by atoms with Gasteiger partial charge in [-0.3, -0.25) is 9.48 Å². The minimum absolute atomic E-state index is 0.0388. The molecule has 0 spiro atoms. The quantitative estimate of drug-likeness (QED) is 0.784. The molecule has 2 rings (SSSR count). The normalized spacial score (nSPS) is 10.8. The van der Waals surface area contributed by atoms with Gasteiger partial charge in [0.2, 0.25) is 5.78 Å². The standard InChI is InChI=1S/C12H14N2O2S/c1-8(2)14-11(9(16-3)7-13-14)12(15)10-5-4-6-17-10/h4-8H,1-3H3. The predicted molar refractivity (Wildman–Crippen MR) is 66.9 cm³/mol. The van der Waals surface area contributed by atoms with Gasteiger partial charge in [0, 0.05) is 6.04 Å². The maximum absolute atomic E-state index is 12.3. The van der Waals surface area contributed by atoms with Gasteiger partial charge in [0.1, 0.15) is 0 Å². The van der Waals surface area contributed by atoms with E-state index < -0.39 is 0 Å². The van der Waals surface area contributed by atoms with Crippen LogP contribution in [0, 0.1) is 0 Å². The molecule has 2 aromatic rings. The van der Waals surface area contributed by atoms with Gasteiger partial charge in [0.25, 0.3) is 0 Å². The summed E-state index contributed by atoms with van der Waals surface area (Å²) in [6.45, 7) is 3.97. The fourth-order valence-corrected chi connectivity index (χ4v) is 2.29. The van der Waals surface area contributed by atoms with Crippen molar-refractivity contribution in [3.8, 4) is 5.75 Å². The molecule has 0 aliphatic heterocycles. The number of aromatic nitrogens is 2. The predicted octanol–water partition coefficient (Wildman–Crippen LogP) is 2.77. The highest BCUT2D eigenvalue weighted by atomic mass is 32.1. The second kappa shape index (κ2) is 4.71. The first-order valence-corrected chi connectivity index (χ1v) is 6.22. The number of ketones is 1. The summed E-state index contributed by atoms with van der Waals surface area (Å²) in [5.74, 6) is 0.486. The molecule has 0 aliphatic rings. The van der Waals surface area contributed by atoms with E-state index in [0.717, 1.165) is 0 Å². The molecule has 90 valence electrons. The second-order valence-corrected chi connectivity index (χ2v) is 4.85. The van der Waals surface area contributed by atoms with Gasteiger partial charge in [-0.15, -0.1) is 11.3 Å². The van der Waals surface area contributed by atoms with Gasteiger partial charge >= 0.3 is 0 Å². The molecule has 0 N–H and O–H groups in total. The van der Waals surface area contributed by atoms with Crippen molar-refractivity contribution in [3.63, 3.8) is 0 Å². The largest absolute Gasteiger partial charge is 0.493 e. The van der Waals surface area contributed by atoms with Crippen LogP contribution in [-0.2, 0) is 0 Å². The first kappa shape index (κ1) is 11.9. The average Bonchev–Trinajstić information content (AvgIpc) is 2.96. The summed E-state index contributed by atoms with van der Waals surface area (Å²) in [7, 11) is 1.55. The van der Waals surface area contributed by atoms with E-state index in [1.807, 2.05) is 31.4 Å². The summed E-state index contributed by atoms with van der Waals surface area (Å²) in [6.07, 6.45) is 1.58. The zero-order valence-corrected chi connectivity index (χ0v) is 10.8. The van der Waals surface area contributed by atoms with E-state index in [-0.39, 0.29) is 11.8 Å². The minimum Gasteiger partial charge on any atom is -0.493 e. The fraction of sp³-hybridized carbons (Fsp3) is 0.333. The third-order valence-electron chi connectivity index (χ3n) is 2.43. The molecule has 0 amide bonds. The molecule has 0 saturated carbocycles. The van der Waals surface area contributed by atoms with Crippen molar-refractivity contribution in [2.45, 2.75) is 19.9 Å². The molecule has 0 saturated heterocycles. The number of hydrogen-bond acceptors (Lipinski definition) is 4. The maximum Gasteiger partial charge on any atom is 0.224 e. The van der Waals surface area contributed by atoms with Gasteiger partial charge in [-0.05, 0) is 25.3 Å². The van der Waals surface area contributed by atoms with Gasteiger partial charge in [0.15, 0.2) is 11.4 Å². The third-order valence-corrected chi connectivity index (χ3v) is 3.30. The number of carbonyl (C=O) groups excluding carboxylic acids is 1. The molecule has 4 nitrogen and oxygen atoms in total. The molecule has 5 heteroatoms. The first-order chi connectivity index (χ1) is 8.15. The number of nitrogens with zero attached hydrogens (tertiary/aromatic N) is 2.